The number of ether oxygens (including phenoxy) is 2. The lowest BCUT2D eigenvalue weighted by atomic mass is 10.0. The van der Waals surface area contributed by atoms with Crippen molar-refractivity contribution in [3.63, 3.8) is 0 Å². The first-order valence-corrected chi connectivity index (χ1v) is 23.3. The van der Waals surface area contributed by atoms with Gasteiger partial charge in [0.1, 0.15) is 23.7 Å². The van der Waals surface area contributed by atoms with E-state index in [0.29, 0.717) is 78.4 Å². The largest absolute Gasteiger partial charge is 0.453 e. The fourth-order valence-electron chi connectivity index (χ4n) is 9.01. The molecule has 4 amide bonds. The Bertz CT molecular complexity index is 2390. The molecule has 354 valence electrons. The average molecular weight is 912 g/mol. The maximum atomic E-state index is 16.0. The van der Waals surface area contributed by atoms with Crippen LogP contribution >= 0.6 is 0 Å². The van der Waals surface area contributed by atoms with E-state index in [9.17, 15) is 19.2 Å². The number of anilines is 3. The Kier molecular flexibility index (Phi) is 14.8. The van der Waals surface area contributed by atoms with Crippen LogP contribution in [0.2, 0.25) is 0 Å². The fraction of sp³-hybridized carbons (Fsp3) is 0.510. The van der Waals surface area contributed by atoms with Crippen LogP contribution < -0.4 is 25.3 Å². The van der Waals surface area contributed by atoms with Gasteiger partial charge in [-0.3, -0.25) is 19.4 Å². The van der Waals surface area contributed by atoms with Crippen molar-refractivity contribution >= 4 is 63.7 Å². The van der Waals surface area contributed by atoms with Gasteiger partial charge >= 0.3 is 12.2 Å². The second kappa shape index (κ2) is 20.5. The zero-order valence-electron chi connectivity index (χ0n) is 39.2. The summed E-state index contributed by atoms with van der Waals surface area (Å²) in [5.74, 6) is -1.64. The maximum absolute atomic E-state index is 16.0. The van der Waals surface area contributed by atoms with E-state index in [1.54, 1.807) is 9.80 Å². The van der Waals surface area contributed by atoms with Gasteiger partial charge in [0, 0.05) is 24.3 Å². The molecule has 2 fully saturated rings. The van der Waals surface area contributed by atoms with Gasteiger partial charge in [-0.1, -0.05) is 66.5 Å². The van der Waals surface area contributed by atoms with Gasteiger partial charge in [0.05, 0.1) is 48.4 Å². The van der Waals surface area contributed by atoms with Gasteiger partial charge in [0.2, 0.25) is 11.9 Å². The maximum Gasteiger partial charge on any atom is 0.407 e. The number of aromatic nitrogens is 4. The van der Waals surface area contributed by atoms with E-state index >= 15 is 8.78 Å². The number of amides is 4. The summed E-state index contributed by atoms with van der Waals surface area (Å²) in [7, 11) is 2.51. The van der Waals surface area contributed by atoms with Gasteiger partial charge in [0.25, 0.3) is 11.8 Å². The van der Waals surface area contributed by atoms with E-state index < -0.39 is 35.9 Å². The molecule has 0 spiro atoms. The van der Waals surface area contributed by atoms with Crippen LogP contribution in [-0.2, 0) is 19.1 Å². The topological polar surface area (TPSA) is 178 Å². The first kappa shape index (κ1) is 47.7. The Hall–Kier alpha value is -6.26. The van der Waals surface area contributed by atoms with Gasteiger partial charge in [-0.05, 0) is 104 Å². The predicted molar refractivity (Wildman–Crippen MR) is 251 cm³/mol. The molecule has 1 aliphatic heterocycles. The summed E-state index contributed by atoms with van der Waals surface area (Å²) in [6.45, 7) is 12.2. The summed E-state index contributed by atoms with van der Waals surface area (Å²) < 4.78 is 41.6. The summed E-state index contributed by atoms with van der Waals surface area (Å²) in [5.41, 5.74) is 4.95. The number of hydrogen-bond donors (Lipinski definition) is 4. The third-order valence-electron chi connectivity index (χ3n) is 12.8. The SMILES string of the molecule is CCCCN(C(=O)C(NC(=O)OC)C(C)C)c1nc2ccc([C@H]3CC[C@H](c4ccc5nc(N(CCCC)C(=O)[C@@H](NC(=O)OC)C(C)C)[nH]c5c4)N3c3cc(F)c(C4CC4)c(F)c3)cc2[nH]1. The molecule has 7 rings (SSSR count). The zero-order chi connectivity index (χ0) is 47.4. The highest BCUT2D eigenvalue weighted by Crippen LogP contribution is 2.50. The molecule has 1 saturated heterocycles. The number of methoxy groups -OCH3 is 2. The summed E-state index contributed by atoms with van der Waals surface area (Å²) in [5, 5.41) is 5.37. The molecule has 3 heterocycles. The van der Waals surface area contributed by atoms with Gasteiger partial charge in [-0.2, -0.15) is 0 Å². The molecule has 2 aromatic heterocycles. The quantitative estimate of drug-likeness (QED) is 0.0666. The van der Waals surface area contributed by atoms with Crippen LogP contribution in [0.15, 0.2) is 48.5 Å². The van der Waals surface area contributed by atoms with E-state index in [1.165, 1.54) is 26.4 Å². The number of nitrogens with zero attached hydrogens (tertiary/aromatic N) is 5. The number of carbonyl (C=O) groups is 4. The lowest BCUT2D eigenvalue weighted by molar-refractivity contribution is -0.122. The number of rotatable bonds is 18. The second-order valence-electron chi connectivity index (χ2n) is 18.2. The standard InChI is InChI=1S/C49H63F2N9O6/c1-9-11-21-58(44(61)42(27(3)4)56-48(63)65-7)46-52-35-17-15-30(23-37(35)54-46)39-19-20-40(60(39)32-25-33(50)41(29-13-14-29)34(51)26-32)31-16-18-36-38(24-31)55-47(53-36)59(22-12-10-2)45(62)43(28(5)6)57-49(64)66-8/h15-18,23-29,39-40,42-43H,9-14,19-22H2,1-8H3,(H,52,54)(H,53,55)(H,56,63)(H,57,64)/t39-,40-,42+,43?/m1/s1. The van der Waals surface area contributed by atoms with Crippen molar-refractivity contribution in [3.05, 3.63) is 76.9 Å². The van der Waals surface area contributed by atoms with Crippen LogP contribution in [0, 0.1) is 23.5 Å². The molecule has 0 radical (unpaired) electrons. The summed E-state index contributed by atoms with van der Waals surface area (Å²) >= 11 is 0. The lowest BCUT2D eigenvalue weighted by Crippen LogP contribution is -2.52. The average Bonchev–Trinajstić information content (AvgIpc) is 3.66. The Morgan fingerprint density at radius 1 is 0.697 bits per heavy atom. The van der Waals surface area contributed by atoms with Gasteiger partial charge in [0.15, 0.2) is 0 Å². The smallest absolute Gasteiger partial charge is 0.407 e. The van der Waals surface area contributed by atoms with Crippen molar-refractivity contribution in [1.29, 1.82) is 0 Å². The molecule has 4 N–H and O–H groups in total. The van der Waals surface area contributed by atoms with Gasteiger partial charge < -0.3 is 35.0 Å². The Morgan fingerprint density at radius 2 is 1.12 bits per heavy atom. The molecule has 4 atom stereocenters. The number of alkyl carbamates (subject to hydrolysis) is 2. The van der Waals surface area contributed by atoms with E-state index in [-0.39, 0.29) is 47.2 Å². The molecule has 17 heteroatoms. The lowest BCUT2D eigenvalue weighted by Gasteiger charge is -2.33. The van der Waals surface area contributed by atoms with Crippen LogP contribution in [0.25, 0.3) is 22.1 Å². The van der Waals surface area contributed by atoms with Gasteiger partial charge in [-0.15, -0.1) is 0 Å². The number of aromatic amines is 2. The number of nitrogens with one attached hydrogen (secondary N) is 4. The minimum Gasteiger partial charge on any atom is -0.453 e. The van der Waals surface area contributed by atoms with Crippen molar-refractivity contribution in [1.82, 2.24) is 30.6 Å². The highest BCUT2D eigenvalue weighted by atomic mass is 19.1. The highest BCUT2D eigenvalue weighted by Gasteiger charge is 2.39. The summed E-state index contributed by atoms with van der Waals surface area (Å²) in [6.07, 6.45) is 4.47. The van der Waals surface area contributed by atoms with E-state index in [1.807, 2.05) is 77.9 Å². The summed E-state index contributed by atoms with van der Waals surface area (Å²) in [4.78, 5) is 74.3. The Morgan fingerprint density at radius 3 is 1.48 bits per heavy atom. The van der Waals surface area contributed by atoms with E-state index in [0.717, 1.165) is 36.8 Å². The summed E-state index contributed by atoms with van der Waals surface area (Å²) in [6, 6.07) is 12.3. The van der Waals surface area contributed by atoms with Crippen molar-refractivity contribution in [2.75, 3.05) is 42.0 Å². The second-order valence-corrected chi connectivity index (χ2v) is 18.2. The molecule has 3 aromatic carbocycles. The number of hydrogen-bond acceptors (Lipinski definition) is 9. The number of unbranched alkanes of at least 4 members (excludes halogenated alkanes) is 2. The van der Waals surface area contributed by atoms with Crippen LogP contribution in [0.4, 0.5) is 36.0 Å². The van der Waals surface area contributed by atoms with Crippen LogP contribution in [0.5, 0.6) is 0 Å². The minimum atomic E-state index is -0.850. The van der Waals surface area contributed by atoms with Crippen molar-refractivity contribution in [2.24, 2.45) is 11.8 Å². The zero-order valence-corrected chi connectivity index (χ0v) is 39.2. The van der Waals surface area contributed by atoms with Crippen LogP contribution in [0.3, 0.4) is 0 Å². The minimum absolute atomic E-state index is 0.120. The number of benzene rings is 3. The molecule has 1 saturated carbocycles. The monoisotopic (exact) mass is 911 g/mol. The molecule has 5 aromatic rings. The van der Waals surface area contributed by atoms with E-state index in [2.05, 4.69) is 25.5 Å². The Balaban J connectivity index is 1.25. The molecular weight excluding hydrogens is 849 g/mol. The van der Waals surface area contributed by atoms with Gasteiger partial charge in [-0.25, -0.2) is 28.3 Å². The van der Waals surface area contributed by atoms with Crippen molar-refractivity contribution in [2.45, 2.75) is 123 Å². The van der Waals surface area contributed by atoms with Crippen molar-refractivity contribution < 1.29 is 37.4 Å². The van der Waals surface area contributed by atoms with Crippen LogP contribution in [-0.4, -0.2) is 83.3 Å². The number of halogens is 2. The highest BCUT2D eigenvalue weighted by molar-refractivity contribution is 5.99. The molecule has 66 heavy (non-hydrogen) atoms. The first-order chi connectivity index (χ1) is 31.7. The van der Waals surface area contributed by atoms with Crippen LogP contribution in [0.1, 0.15) is 128 Å². The molecule has 2 aliphatic rings. The first-order valence-electron chi connectivity index (χ1n) is 23.3. The molecule has 1 unspecified atom stereocenters. The van der Waals surface area contributed by atoms with Crippen molar-refractivity contribution in [3.8, 4) is 0 Å². The molecular formula is C49H63F2N9O6. The number of fused-ring (bicyclic) bond motifs is 2. The molecule has 0 bridgehead atoms. The third-order valence-corrected chi connectivity index (χ3v) is 12.8. The van der Waals surface area contributed by atoms with E-state index in [4.69, 9.17) is 19.4 Å². The predicted octanol–water partition coefficient (Wildman–Crippen LogP) is 9.71. The Labute approximate surface area is 384 Å². The normalized spacial score (nSPS) is 17.1. The number of imidazole rings is 2. The fourth-order valence-corrected chi connectivity index (χ4v) is 9.01. The third kappa shape index (κ3) is 10.1. The number of H-pyrrole nitrogens is 2. The molecule has 15 nitrogen and oxygen atoms in total. The number of carbonyl (C=O) groups excluding carboxylic acids is 4. The molecule has 1 aliphatic carbocycles.